The SMILES string of the molecule is Nc1cccc(-c2csc(Cc3cccs3)n2)c1. The number of hydrogen-bond donors (Lipinski definition) is 1. The predicted octanol–water partition coefficient (Wildman–Crippen LogP) is 4.04. The first-order valence-electron chi connectivity index (χ1n) is 5.64. The van der Waals surface area contributed by atoms with Crippen molar-refractivity contribution >= 4 is 28.4 Å². The molecule has 0 fully saturated rings. The van der Waals surface area contributed by atoms with E-state index in [1.165, 1.54) is 4.88 Å². The van der Waals surface area contributed by atoms with Gasteiger partial charge in [-0.1, -0.05) is 18.2 Å². The molecule has 2 aromatic heterocycles. The van der Waals surface area contributed by atoms with Gasteiger partial charge in [0.05, 0.1) is 10.7 Å². The molecule has 0 bridgehead atoms. The van der Waals surface area contributed by atoms with E-state index >= 15 is 0 Å². The molecule has 0 amide bonds. The van der Waals surface area contributed by atoms with E-state index in [2.05, 4.69) is 27.9 Å². The highest BCUT2D eigenvalue weighted by molar-refractivity contribution is 7.11. The van der Waals surface area contributed by atoms with Crippen LogP contribution in [0.5, 0.6) is 0 Å². The number of hydrogen-bond acceptors (Lipinski definition) is 4. The molecule has 1 aromatic carbocycles. The van der Waals surface area contributed by atoms with E-state index in [-0.39, 0.29) is 0 Å². The third-order valence-electron chi connectivity index (χ3n) is 2.64. The highest BCUT2D eigenvalue weighted by Crippen LogP contribution is 2.25. The number of rotatable bonds is 3. The first-order valence-corrected chi connectivity index (χ1v) is 7.40. The third kappa shape index (κ3) is 2.44. The number of anilines is 1. The number of thiazole rings is 1. The molecule has 0 radical (unpaired) electrons. The molecular formula is C14H12N2S2. The molecule has 2 N–H and O–H groups in total. The standard InChI is InChI=1S/C14H12N2S2/c15-11-4-1-3-10(7-11)13-9-18-14(16-13)8-12-5-2-6-17-12/h1-7,9H,8,15H2. The molecule has 2 nitrogen and oxygen atoms in total. The maximum atomic E-state index is 5.79. The van der Waals surface area contributed by atoms with Crippen molar-refractivity contribution in [2.45, 2.75) is 6.42 Å². The van der Waals surface area contributed by atoms with Crippen molar-refractivity contribution in [1.29, 1.82) is 0 Å². The number of nitrogens with zero attached hydrogens (tertiary/aromatic N) is 1. The van der Waals surface area contributed by atoms with Gasteiger partial charge >= 0.3 is 0 Å². The lowest BCUT2D eigenvalue weighted by Crippen LogP contribution is -1.86. The van der Waals surface area contributed by atoms with E-state index in [4.69, 9.17) is 5.73 Å². The monoisotopic (exact) mass is 272 g/mol. The zero-order valence-electron chi connectivity index (χ0n) is 9.67. The minimum atomic E-state index is 0.778. The molecule has 0 unspecified atom stereocenters. The molecule has 0 spiro atoms. The number of aromatic nitrogens is 1. The summed E-state index contributed by atoms with van der Waals surface area (Å²) in [5, 5.41) is 5.34. The second kappa shape index (κ2) is 4.92. The van der Waals surface area contributed by atoms with Crippen LogP contribution in [0.4, 0.5) is 5.69 Å². The summed E-state index contributed by atoms with van der Waals surface area (Å²) in [6.45, 7) is 0. The van der Waals surface area contributed by atoms with Gasteiger partial charge in [0.15, 0.2) is 0 Å². The fourth-order valence-corrected chi connectivity index (χ4v) is 3.41. The molecular weight excluding hydrogens is 260 g/mol. The predicted molar refractivity (Wildman–Crippen MR) is 79.1 cm³/mol. The molecule has 2 heterocycles. The largest absolute Gasteiger partial charge is 0.399 e. The van der Waals surface area contributed by atoms with E-state index < -0.39 is 0 Å². The Morgan fingerprint density at radius 2 is 2.06 bits per heavy atom. The van der Waals surface area contributed by atoms with Crippen LogP contribution in [0.3, 0.4) is 0 Å². The van der Waals surface area contributed by atoms with E-state index in [9.17, 15) is 0 Å². The van der Waals surface area contributed by atoms with Gasteiger partial charge in [-0.05, 0) is 23.6 Å². The molecule has 0 saturated carbocycles. The van der Waals surface area contributed by atoms with Crippen molar-refractivity contribution in [1.82, 2.24) is 4.98 Å². The molecule has 18 heavy (non-hydrogen) atoms. The maximum absolute atomic E-state index is 5.79. The molecule has 0 aliphatic heterocycles. The van der Waals surface area contributed by atoms with Gasteiger partial charge in [0.25, 0.3) is 0 Å². The lowest BCUT2D eigenvalue weighted by atomic mass is 10.1. The summed E-state index contributed by atoms with van der Waals surface area (Å²) in [6.07, 6.45) is 0.921. The molecule has 3 rings (SSSR count). The molecule has 4 heteroatoms. The fraction of sp³-hybridized carbons (Fsp3) is 0.0714. The van der Waals surface area contributed by atoms with Gasteiger partial charge in [0.2, 0.25) is 0 Å². The van der Waals surface area contributed by atoms with Gasteiger partial charge < -0.3 is 5.73 Å². The molecule has 0 atom stereocenters. The first-order chi connectivity index (χ1) is 8.81. The van der Waals surface area contributed by atoms with Gasteiger partial charge in [-0.25, -0.2) is 4.98 Å². The normalized spacial score (nSPS) is 10.7. The average molecular weight is 272 g/mol. The minimum absolute atomic E-state index is 0.778. The topological polar surface area (TPSA) is 38.9 Å². The molecule has 3 aromatic rings. The minimum Gasteiger partial charge on any atom is -0.399 e. The quantitative estimate of drug-likeness (QED) is 0.731. The van der Waals surface area contributed by atoms with Crippen LogP contribution in [0.1, 0.15) is 9.88 Å². The van der Waals surface area contributed by atoms with Crippen molar-refractivity contribution in [2.75, 3.05) is 5.73 Å². The molecule has 90 valence electrons. The summed E-state index contributed by atoms with van der Waals surface area (Å²) in [7, 11) is 0. The summed E-state index contributed by atoms with van der Waals surface area (Å²) in [6, 6.07) is 12.1. The van der Waals surface area contributed by atoms with Crippen LogP contribution in [0.15, 0.2) is 47.2 Å². The van der Waals surface area contributed by atoms with E-state index in [0.29, 0.717) is 0 Å². The Labute approximate surface area is 114 Å². The van der Waals surface area contributed by atoms with E-state index in [0.717, 1.165) is 28.4 Å². The average Bonchev–Trinajstić information content (AvgIpc) is 3.01. The van der Waals surface area contributed by atoms with Crippen LogP contribution >= 0.6 is 22.7 Å². The summed E-state index contributed by atoms with van der Waals surface area (Å²) >= 11 is 3.48. The van der Waals surface area contributed by atoms with Crippen molar-refractivity contribution < 1.29 is 0 Å². The first kappa shape index (κ1) is 11.4. The Morgan fingerprint density at radius 3 is 2.83 bits per heavy atom. The molecule has 0 saturated heterocycles. The summed E-state index contributed by atoms with van der Waals surface area (Å²) in [4.78, 5) is 6.02. The number of benzene rings is 1. The third-order valence-corrected chi connectivity index (χ3v) is 4.36. The second-order valence-electron chi connectivity index (χ2n) is 4.01. The van der Waals surface area contributed by atoms with Crippen LogP contribution in [0.25, 0.3) is 11.3 Å². The van der Waals surface area contributed by atoms with Crippen LogP contribution in [-0.2, 0) is 6.42 Å². The Bertz CT molecular complexity index is 641. The van der Waals surface area contributed by atoms with Crippen LogP contribution in [0.2, 0.25) is 0 Å². The number of nitrogens with two attached hydrogens (primary N) is 1. The summed E-state index contributed by atoms with van der Waals surface area (Å²) in [5.74, 6) is 0. The van der Waals surface area contributed by atoms with Gasteiger partial charge in [-0.3, -0.25) is 0 Å². The Hall–Kier alpha value is -1.65. The van der Waals surface area contributed by atoms with Gasteiger partial charge in [-0.2, -0.15) is 0 Å². The second-order valence-corrected chi connectivity index (χ2v) is 5.98. The zero-order valence-corrected chi connectivity index (χ0v) is 11.3. The highest BCUT2D eigenvalue weighted by Gasteiger charge is 2.06. The fourth-order valence-electron chi connectivity index (χ4n) is 1.78. The Balaban J connectivity index is 1.85. The molecule has 0 aliphatic carbocycles. The van der Waals surface area contributed by atoms with Crippen molar-refractivity contribution in [3.05, 3.63) is 57.0 Å². The van der Waals surface area contributed by atoms with Crippen molar-refractivity contribution in [3.63, 3.8) is 0 Å². The Kier molecular flexibility index (Phi) is 3.13. The highest BCUT2D eigenvalue weighted by atomic mass is 32.1. The van der Waals surface area contributed by atoms with Crippen LogP contribution < -0.4 is 5.73 Å². The summed E-state index contributed by atoms with van der Waals surface area (Å²) in [5.41, 5.74) is 8.67. The Morgan fingerprint density at radius 1 is 1.11 bits per heavy atom. The zero-order chi connectivity index (χ0) is 12.4. The van der Waals surface area contributed by atoms with Crippen molar-refractivity contribution in [3.8, 4) is 11.3 Å². The summed E-state index contributed by atoms with van der Waals surface area (Å²) < 4.78 is 0. The molecule has 0 aliphatic rings. The van der Waals surface area contributed by atoms with Crippen LogP contribution in [0, 0.1) is 0 Å². The smallest absolute Gasteiger partial charge is 0.0984 e. The lowest BCUT2D eigenvalue weighted by Gasteiger charge is -1.97. The lowest BCUT2D eigenvalue weighted by molar-refractivity contribution is 1.17. The number of nitrogen functional groups attached to an aromatic ring is 1. The van der Waals surface area contributed by atoms with E-state index in [1.807, 2.05) is 24.3 Å². The van der Waals surface area contributed by atoms with Gasteiger partial charge in [-0.15, -0.1) is 22.7 Å². The van der Waals surface area contributed by atoms with Crippen LogP contribution in [-0.4, -0.2) is 4.98 Å². The maximum Gasteiger partial charge on any atom is 0.0984 e. The van der Waals surface area contributed by atoms with Gasteiger partial charge in [0, 0.05) is 27.9 Å². The number of thiophene rings is 1. The van der Waals surface area contributed by atoms with E-state index in [1.54, 1.807) is 22.7 Å². The van der Waals surface area contributed by atoms with Gasteiger partial charge in [0.1, 0.15) is 0 Å². The van der Waals surface area contributed by atoms with Crippen molar-refractivity contribution in [2.24, 2.45) is 0 Å².